The molecular weight excluding hydrogens is 530 g/mol. The fourth-order valence-electron chi connectivity index (χ4n) is 4.62. The van der Waals surface area contributed by atoms with Crippen molar-refractivity contribution in [2.45, 2.75) is 95.8 Å². The molecule has 1 unspecified atom stereocenters. The Bertz CT molecular complexity index is 998. The summed E-state index contributed by atoms with van der Waals surface area (Å²) in [5.74, 6) is -1.22. The molecule has 6 N–H and O–H groups in total. The highest BCUT2D eigenvalue weighted by atomic mass is 16.5. The van der Waals surface area contributed by atoms with Crippen LogP contribution in [0.3, 0.4) is 0 Å². The Balaban J connectivity index is 2.19. The Morgan fingerprint density at radius 1 is 1.05 bits per heavy atom. The number of unbranched alkanes of at least 4 members (excludes halogenated alkanes) is 2. The minimum Gasteiger partial charge on any atom is -0.497 e. The van der Waals surface area contributed by atoms with Crippen molar-refractivity contribution < 1.29 is 33.9 Å². The molecule has 1 aromatic carbocycles. The van der Waals surface area contributed by atoms with Gasteiger partial charge in [-0.3, -0.25) is 24.4 Å². The Kier molecular flexibility index (Phi) is 14.8. The molecule has 12 heteroatoms. The van der Waals surface area contributed by atoms with E-state index in [1.165, 1.54) is 0 Å². The number of benzene rings is 1. The lowest BCUT2D eigenvalue weighted by Crippen LogP contribution is -2.57. The average molecular weight is 576 g/mol. The van der Waals surface area contributed by atoms with E-state index in [0.717, 1.165) is 18.5 Å². The predicted octanol–water partition coefficient (Wildman–Crippen LogP) is 1.15. The summed E-state index contributed by atoms with van der Waals surface area (Å²) in [6, 6.07) is 4.11. The van der Waals surface area contributed by atoms with Gasteiger partial charge < -0.3 is 30.8 Å². The summed E-state index contributed by atoms with van der Waals surface area (Å²) in [5, 5.41) is 20.2. The van der Waals surface area contributed by atoms with Crippen LogP contribution in [0.1, 0.15) is 70.8 Å². The molecule has 1 saturated heterocycles. The molecule has 12 nitrogen and oxygen atoms in total. The number of hydrogen-bond donors (Lipinski definition) is 6. The van der Waals surface area contributed by atoms with Gasteiger partial charge >= 0.3 is 0 Å². The molecule has 1 heterocycles. The first-order valence-corrected chi connectivity index (χ1v) is 14.4. The van der Waals surface area contributed by atoms with Gasteiger partial charge in [0.15, 0.2) is 0 Å². The van der Waals surface area contributed by atoms with Crippen LogP contribution >= 0.6 is 0 Å². The zero-order chi connectivity index (χ0) is 30.2. The minimum atomic E-state index is -1.00. The van der Waals surface area contributed by atoms with Crippen molar-refractivity contribution in [3.05, 3.63) is 29.8 Å². The van der Waals surface area contributed by atoms with Crippen molar-refractivity contribution >= 4 is 29.9 Å². The Morgan fingerprint density at radius 3 is 2.34 bits per heavy atom. The fraction of sp³-hybridized carbons (Fsp3) is 0.621. The zero-order valence-electron chi connectivity index (χ0n) is 24.2. The first-order valence-electron chi connectivity index (χ1n) is 14.4. The molecule has 0 aliphatic carbocycles. The van der Waals surface area contributed by atoms with E-state index in [9.17, 15) is 24.0 Å². The second kappa shape index (κ2) is 18.0. The van der Waals surface area contributed by atoms with Crippen LogP contribution in [0.15, 0.2) is 24.3 Å². The molecule has 1 aliphatic rings. The Labute approximate surface area is 241 Å². The maximum Gasteiger partial charge on any atom is 0.243 e. The lowest BCUT2D eigenvalue weighted by atomic mass is 9.98. The molecule has 228 valence electrons. The maximum atomic E-state index is 13.5. The number of methoxy groups -OCH3 is 1. The van der Waals surface area contributed by atoms with Crippen molar-refractivity contribution in [1.82, 2.24) is 26.7 Å². The van der Waals surface area contributed by atoms with Crippen LogP contribution in [0.5, 0.6) is 5.75 Å². The standard InChI is InChI=1S/C29H45N5O7/c1-4-19(2)25(18-35)33-29(39)24(17-20-12-14-21(41-3)15-13-20)32-28(38)23(9-6-5-7-11-26(36)34-40)31-27(37)22-10-8-16-30-22/h12-15,18-19,22-25,30,40H,4-11,16-17H2,1-3H3,(H,31,37)(H,32,38)(H,33,39)(H,34,36)/t19-,22?,23+,24-,25-/m1/s1. The van der Waals surface area contributed by atoms with Crippen LogP contribution in [-0.4, -0.2) is 72.9 Å². The van der Waals surface area contributed by atoms with Gasteiger partial charge in [0.1, 0.15) is 24.1 Å². The van der Waals surface area contributed by atoms with E-state index in [2.05, 4.69) is 21.3 Å². The molecule has 1 aliphatic heterocycles. The molecule has 41 heavy (non-hydrogen) atoms. The molecule has 2 rings (SSSR count). The summed E-state index contributed by atoms with van der Waals surface area (Å²) in [5.41, 5.74) is 2.37. The summed E-state index contributed by atoms with van der Waals surface area (Å²) in [4.78, 5) is 62.8. The van der Waals surface area contributed by atoms with Gasteiger partial charge in [-0.25, -0.2) is 5.48 Å². The molecule has 0 spiro atoms. The molecule has 0 bridgehead atoms. The second-order valence-corrected chi connectivity index (χ2v) is 10.5. The summed E-state index contributed by atoms with van der Waals surface area (Å²) >= 11 is 0. The number of hydrogen-bond acceptors (Lipinski definition) is 8. The largest absolute Gasteiger partial charge is 0.497 e. The van der Waals surface area contributed by atoms with Crippen LogP contribution < -0.4 is 31.5 Å². The van der Waals surface area contributed by atoms with E-state index in [0.29, 0.717) is 50.6 Å². The first-order chi connectivity index (χ1) is 19.7. The van der Waals surface area contributed by atoms with E-state index in [-0.39, 0.29) is 30.7 Å². The van der Waals surface area contributed by atoms with Gasteiger partial charge in [-0.15, -0.1) is 0 Å². The predicted molar refractivity (Wildman–Crippen MR) is 152 cm³/mol. The van der Waals surface area contributed by atoms with Gasteiger partial charge in [0.2, 0.25) is 23.6 Å². The van der Waals surface area contributed by atoms with Crippen LogP contribution in [0, 0.1) is 5.92 Å². The maximum absolute atomic E-state index is 13.5. The number of hydroxylamine groups is 1. The van der Waals surface area contributed by atoms with Crippen LogP contribution in [0.4, 0.5) is 0 Å². The van der Waals surface area contributed by atoms with E-state index >= 15 is 0 Å². The molecule has 0 radical (unpaired) electrons. The third-order valence-electron chi connectivity index (χ3n) is 7.48. The second-order valence-electron chi connectivity index (χ2n) is 10.5. The number of carbonyl (C=O) groups excluding carboxylic acids is 5. The number of ether oxygens (including phenoxy) is 1. The van der Waals surface area contributed by atoms with Crippen LogP contribution in [0.25, 0.3) is 0 Å². The van der Waals surface area contributed by atoms with Gasteiger partial charge in [0.05, 0.1) is 19.2 Å². The summed E-state index contributed by atoms with van der Waals surface area (Å²) < 4.78 is 5.21. The SMILES string of the molecule is CC[C@@H](C)[C@@H](C=O)NC(=O)[C@@H](Cc1ccc(OC)cc1)NC(=O)[C@H](CCCCCC(=O)NO)NC(=O)C1CCCN1. The van der Waals surface area contributed by atoms with Gasteiger partial charge in [0, 0.05) is 12.8 Å². The molecule has 4 amide bonds. The molecule has 0 saturated carbocycles. The number of aldehydes is 1. The van der Waals surface area contributed by atoms with Crippen LogP contribution in [0.2, 0.25) is 0 Å². The van der Waals surface area contributed by atoms with Crippen molar-refractivity contribution in [2.24, 2.45) is 5.92 Å². The number of carbonyl (C=O) groups is 5. The van der Waals surface area contributed by atoms with E-state index in [1.807, 2.05) is 13.8 Å². The quantitative estimate of drug-likeness (QED) is 0.0654. The van der Waals surface area contributed by atoms with Gasteiger partial charge in [0.25, 0.3) is 0 Å². The van der Waals surface area contributed by atoms with Crippen molar-refractivity contribution in [3.63, 3.8) is 0 Å². The van der Waals surface area contributed by atoms with E-state index < -0.39 is 35.8 Å². The molecule has 1 aromatic rings. The molecule has 0 aromatic heterocycles. The number of rotatable bonds is 18. The van der Waals surface area contributed by atoms with E-state index in [1.54, 1.807) is 36.9 Å². The summed E-state index contributed by atoms with van der Waals surface area (Å²) in [7, 11) is 1.55. The van der Waals surface area contributed by atoms with Crippen molar-refractivity contribution in [3.8, 4) is 5.75 Å². The monoisotopic (exact) mass is 575 g/mol. The lowest BCUT2D eigenvalue weighted by molar-refractivity contribution is -0.133. The van der Waals surface area contributed by atoms with Crippen molar-refractivity contribution in [2.75, 3.05) is 13.7 Å². The summed E-state index contributed by atoms with van der Waals surface area (Å²) in [6.45, 7) is 4.51. The zero-order valence-corrected chi connectivity index (χ0v) is 24.2. The Morgan fingerprint density at radius 2 is 1.76 bits per heavy atom. The third-order valence-corrected chi connectivity index (χ3v) is 7.48. The highest BCUT2D eigenvalue weighted by molar-refractivity contribution is 5.93. The normalized spacial score (nSPS) is 17.4. The van der Waals surface area contributed by atoms with Gasteiger partial charge in [-0.05, 0) is 55.8 Å². The average Bonchev–Trinajstić information content (AvgIpc) is 3.53. The van der Waals surface area contributed by atoms with E-state index in [4.69, 9.17) is 9.94 Å². The van der Waals surface area contributed by atoms with Crippen LogP contribution in [-0.2, 0) is 30.4 Å². The minimum absolute atomic E-state index is 0.0901. The van der Waals surface area contributed by atoms with Gasteiger partial charge in [-0.1, -0.05) is 45.2 Å². The fourth-order valence-corrected chi connectivity index (χ4v) is 4.62. The smallest absolute Gasteiger partial charge is 0.243 e. The number of amides is 4. The first kappa shape index (κ1) is 33.7. The number of nitrogens with one attached hydrogen (secondary N) is 5. The molecule has 5 atom stereocenters. The topological polar surface area (TPSA) is 175 Å². The Hall–Kier alpha value is -3.51. The van der Waals surface area contributed by atoms with Crippen molar-refractivity contribution in [1.29, 1.82) is 0 Å². The highest BCUT2D eigenvalue weighted by Crippen LogP contribution is 2.15. The molecular formula is C29H45N5O7. The van der Waals surface area contributed by atoms with Gasteiger partial charge in [-0.2, -0.15) is 0 Å². The highest BCUT2D eigenvalue weighted by Gasteiger charge is 2.31. The lowest BCUT2D eigenvalue weighted by Gasteiger charge is -2.26. The molecule has 1 fully saturated rings. The third kappa shape index (κ3) is 11.5. The summed E-state index contributed by atoms with van der Waals surface area (Å²) in [6.07, 6.45) is 5.15.